The van der Waals surface area contributed by atoms with Gasteiger partial charge in [0.1, 0.15) is 24.6 Å². The molecule has 0 bridgehead atoms. The van der Waals surface area contributed by atoms with Crippen LogP contribution in [-0.4, -0.2) is 56.1 Å². The van der Waals surface area contributed by atoms with Gasteiger partial charge >= 0.3 is 13.7 Å². The molecule has 15 heteroatoms. The van der Waals surface area contributed by atoms with Gasteiger partial charge in [0.05, 0.1) is 12.4 Å². The van der Waals surface area contributed by atoms with Crippen LogP contribution in [0.15, 0.2) is 36.7 Å². The minimum Gasteiger partial charge on any atom is -0.462 e. The summed E-state index contributed by atoms with van der Waals surface area (Å²) in [6.45, 7) is 9.78. The zero-order valence-electron chi connectivity index (χ0n) is 23.9. The molecular weight excluding hydrogens is 556 g/mol. The van der Waals surface area contributed by atoms with Gasteiger partial charge in [-0.3, -0.25) is 13.9 Å². The summed E-state index contributed by atoms with van der Waals surface area (Å²) in [4.78, 5) is 25.3. The Balaban J connectivity index is 1.54. The number of nitrogens with two attached hydrogens (primary N) is 1. The van der Waals surface area contributed by atoms with Crippen molar-refractivity contribution in [1.29, 1.82) is 0 Å². The Kier molecular flexibility index (Phi) is 9.17. The number of anilines is 2. The van der Waals surface area contributed by atoms with E-state index in [4.69, 9.17) is 24.3 Å². The number of nitrogens with zero attached hydrogens (tertiary/aromatic N) is 4. The van der Waals surface area contributed by atoms with E-state index in [1.807, 2.05) is 13.8 Å². The molecule has 1 aliphatic heterocycles. The van der Waals surface area contributed by atoms with Crippen LogP contribution in [0, 0.1) is 5.92 Å². The number of nitrogens with one attached hydrogen (secondary N) is 2. The molecule has 1 aliphatic rings. The highest BCUT2D eigenvalue weighted by Crippen LogP contribution is 2.49. The number of aromatic nitrogens is 4. The number of fused-ring (bicyclic) bond motifs is 1. The predicted octanol–water partition coefficient (Wildman–Crippen LogP) is 4.58. The number of hydrogen-bond donors (Lipinski definition) is 3. The lowest BCUT2D eigenvalue weighted by atomic mass is 10.1. The molecule has 1 aromatic carbocycles. The van der Waals surface area contributed by atoms with E-state index in [0.29, 0.717) is 17.0 Å². The van der Waals surface area contributed by atoms with E-state index in [1.54, 1.807) is 55.7 Å². The van der Waals surface area contributed by atoms with Gasteiger partial charge in [-0.1, -0.05) is 25.1 Å². The molecular formula is C26H37FN7O6P. The quantitative estimate of drug-likeness (QED) is 0.198. The largest absolute Gasteiger partial charge is 0.462 e. The fourth-order valence-electron chi connectivity index (χ4n) is 4.40. The molecule has 0 saturated carbocycles. The first-order valence-electron chi connectivity index (χ1n) is 13.4. The van der Waals surface area contributed by atoms with Gasteiger partial charge in [0.15, 0.2) is 17.0 Å². The highest BCUT2D eigenvalue weighted by Gasteiger charge is 2.49. The van der Waals surface area contributed by atoms with Crippen molar-refractivity contribution < 1.29 is 32.3 Å². The maximum atomic E-state index is 16.1. The summed E-state index contributed by atoms with van der Waals surface area (Å²) in [5, 5.41) is 5.74. The Morgan fingerprint density at radius 2 is 1.95 bits per heavy atom. The van der Waals surface area contributed by atoms with Gasteiger partial charge < -0.3 is 25.0 Å². The lowest BCUT2D eigenvalue weighted by Gasteiger charge is -2.26. The number of hydrogen-bond acceptors (Lipinski definition) is 11. The standard InChI is InChI=1S/C26H37FN7O6P/c1-15(2)30-21-20-22(32-25(28)31-21)34(14-29-20)23-17(5)12-26(27,39-23)13-37-41(36,40-19-10-8-7-9-11-19)33-18(6)24(35)38-16(3)4/h7-11,14-18,23H,12-13H2,1-6H3,(H,33,36)(H3,28,30,31,32)/t17-,18-,23+,26-,41+/m0/s1. The Bertz CT molecular complexity index is 1410. The number of carbonyl (C=O) groups excluding carboxylic acids is 1. The lowest BCUT2D eigenvalue weighted by molar-refractivity contribution is -0.173. The molecule has 0 unspecified atom stereocenters. The number of halogens is 1. The number of carbonyl (C=O) groups is 1. The SMILES string of the molecule is CC(C)Nc1nc(N)nc2c1ncn2[C@@H]1O[C@](F)(CO[P@](=O)(N[C@@H](C)C(=O)OC(C)C)Oc2ccccc2)C[C@@H]1C. The van der Waals surface area contributed by atoms with Gasteiger partial charge in [0.25, 0.3) is 0 Å². The summed E-state index contributed by atoms with van der Waals surface area (Å²) in [5.41, 5.74) is 6.77. The van der Waals surface area contributed by atoms with Gasteiger partial charge in [0, 0.05) is 18.4 Å². The Hall–Kier alpha value is -3.32. The first-order chi connectivity index (χ1) is 19.3. The Morgan fingerprint density at radius 3 is 2.61 bits per heavy atom. The number of rotatable bonds is 12. The molecule has 4 N–H and O–H groups in total. The van der Waals surface area contributed by atoms with E-state index in [-0.39, 0.29) is 30.1 Å². The normalized spacial score (nSPS) is 23.0. The topological polar surface area (TPSA) is 165 Å². The van der Waals surface area contributed by atoms with Crippen LogP contribution in [0.25, 0.3) is 11.2 Å². The van der Waals surface area contributed by atoms with Crippen molar-refractivity contribution in [2.24, 2.45) is 5.92 Å². The van der Waals surface area contributed by atoms with Crippen molar-refractivity contribution in [3.63, 3.8) is 0 Å². The van der Waals surface area contributed by atoms with Crippen molar-refractivity contribution in [1.82, 2.24) is 24.6 Å². The number of esters is 1. The molecule has 3 aromatic rings. The third-order valence-corrected chi connectivity index (χ3v) is 7.68. The molecule has 5 atom stereocenters. The summed E-state index contributed by atoms with van der Waals surface area (Å²) in [6, 6.07) is 7.20. The molecule has 224 valence electrons. The zero-order chi connectivity index (χ0) is 29.9. The van der Waals surface area contributed by atoms with Crippen LogP contribution in [0.3, 0.4) is 0 Å². The lowest BCUT2D eigenvalue weighted by Crippen LogP contribution is -2.37. The van der Waals surface area contributed by atoms with Gasteiger partial charge in [-0.05, 0) is 46.8 Å². The monoisotopic (exact) mass is 593 g/mol. The smallest absolute Gasteiger partial charge is 0.459 e. The van der Waals surface area contributed by atoms with Crippen molar-refractivity contribution in [3.8, 4) is 5.75 Å². The minimum absolute atomic E-state index is 0.0260. The van der Waals surface area contributed by atoms with Crippen LogP contribution < -0.4 is 20.7 Å². The van der Waals surface area contributed by atoms with Crippen LogP contribution in [0.5, 0.6) is 5.75 Å². The number of para-hydroxylation sites is 1. The predicted molar refractivity (Wildman–Crippen MR) is 151 cm³/mol. The van der Waals surface area contributed by atoms with Crippen LogP contribution >= 0.6 is 7.75 Å². The van der Waals surface area contributed by atoms with E-state index in [0.717, 1.165) is 0 Å². The number of benzene rings is 1. The molecule has 2 aromatic heterocycles. The summed E-state index contributed by atoms with van der Waals surface area (Å²) in [7, 11) is -4.29. The number of imidazole rings is 1. The van der Waals surface area contributed by atoms with Gasteiger partial charge in [-0.15, -0.1) is 0 Å². The van der Waals surface area contributed by atoms with E-state index in [1.165, 1.54) is 13.3 Å². The van der Waals surface area contributed by atoms with Crippen molar-refractivity contribution in [2.45, 2.75) is 78.2 Å². The third-order valence-electron chi connectivity index (χ3n) is 6.06. The summed E-state index contributed by atoms with van der Waals surface area (Å²) < 4.78 is 53.7. The molecule has 1 fully saturated rings. The van der Waals surface area contributed by atoms with Crippen molar-refractivity contribution >= 4 is 36.6 Å². The fourth-order valence-corrected chi connectivity index (χ4v) is 5.92. The van der Waals surface area contributed by atoms with Crippen molar-refractivity contribution in [2.75, 3.05) is 17.7 Å². The first-order valence-corrected chi connectivity index (χ1v) is 14.9. The average molecular weight is 594 g/mol. The molecule has 0 amide bonds. The molecule has 0 spiro atoms. The first kappa shape index (κ1) is 30.6. The maximum absolute atomic E-state index is 16.1. The molecule has 41 heavy (non-hydrogen) atoms. The average Bonchev–Trinajstić information content (AvgIpc) is 3.42. The number of nitrogen functional groups attached to an aromatic ring is 1. The Labute approximate surface area is 237 Å². The molecule has 0 radical (unpaired) electrons. The van der Waals surface area contributed by atoms with Crippen LogP contribution in [-0.2, 0) is 23.4 Å². The minimum atomic E-state index is -4.29. The fraction of sp³-hybridized carbons (Fsp3) is 0.538. The summed E-state index contributed by atoms with van der Waals surface area (Å²) in [6.07, 6.45) is 0.187. The molecule has 3 heterocycles. The Morgan fingerprint density at radius 1 is 1.24 bits per heavy atom. The molecule has 13 nitrogen and oxygen atoms in total. The zero-order valence-corrected chi connectivity index (χ0v) is 24.8. The van der Waals surface area contributed by atoms with Gasteiger partial charge in [-0.25, -0.2) is 13.9 Å². The van der Waals surface area contributed by atoms with Gasteiger partial charge in [0.2, 0.25) is 11.8 Å². The van der Waals surface area contributed by atoms with Gasteiger partial charge in [-0.2, -0.15) is 15.1 Å². The molecule has 4 rings (SSSR count). The number of alkyl halides is 1. The van der Waals surface area contributed by atoms with Crippen LogP contribution in [0.2, 0.25) is 0 Å². The third kappa shape index (κ3) is 7.50. The van der Waals surface area contributed by atoms with E-state index < -0.39 is 44.6 Å². The highest BCUT2D eigenvalue weighted by atomic mass is 31.2. The molecule has 1 saturated heterocycles. The maximum Gasteiger partial charge on any atom is 0.459 e. The second-order valence-corrected chi connectivity index (χ2v) is 12.3. The second-order valence-electron chi connectivity index (χ2n) is 10.6. The van der Waals surface area contributed by atoms with Crippen LogP contribution in [0.4, 0.5) is 16.2 Å². The van der Waals surface area contributed by atoms with E-state index in [9.17, 15) is 9.36 Å². The second kappa shape index (κ2) is 12.3. The van der Waals surface area contributed by atoms with Crippen LogP contribution in [0.1, 0.15) is 54.2 Å². The summed E-state index contributed by atoms with van der Waals surface area (Å²) >= 11 is 0. The van der Waals surface area contributed by atoms with Crippen molar-refractivity contribution in [3.05, 3.63) is 36.7 Å². The number of ether oxygens (including phenoxy) is 2. The van der Waals surface area contributed by atoms with E-state index in [2.05, 4.69) is 25.4 Å². The highest BCUT2D eigenvalue weighted by molar-refractivity contribution is 7.52. The van der Waals surface area contributed by atoms with E-state index >= 15 is 4.39 Å². The summed E-state index contributed by atoms with van der Waals surface area (Å²) in [5.74, 6) is -2.69. The molecule has 0 aliphatic carbocycles.